The van der Waals surface area contributed by atoms with Crippen LogP contribution in [0.1, 0.15) is 31.4 Å². The molecule has 0 amide bonds. The third kappa shape index (κ3) is 3.55. The van der Waals surface area contributed by atoms with Crippen molar-refractivity contribution in [1.29, 1.82) is 0 Å². The van der Waals surface area contributed by atoms with E-state index in [1.165, 1.54) is 6.42 Å². The Morgan fingerprint density at radius 1 is 1.42 bits per heavy atom. The van der Waals surface area contributed by atoms with E-state index in [4.69, 9.17) is 5.73 Å². The van der Waals surface area contributed by atoms with Crippen LogP contribution in [0.4, 0.5) is 0 Å². The highest BCUT2D eigenvalue weighted by atomic mass is 15.3. The summed E-state index contributed by atoms with van der Waals surface area (Å²) in [5.74, 6) is 0. The van der Waals surface area contributed by atoms with E-state index >= 15 is 0 Å². The molecule has 0 spiro atoms. The second-order valence-corrected chi connectivity index (χ2v) is 5.73. The van der Waals surface area contributed by atoms with Gasteiger partial charge in [-0.15, -0.1) is 0 Å². The van der Waals surface area contributed by atoms with Crippen LogP contribution in [-0.4, -0.2) is 59.4 Å². The van der Waals surface area contributed by atoms with Crippen LogP contribution in [0.25, 0.3) is 0 Å². The van der Waals surface area contributed by atoms with E-state index < -0.39 is 0 Å². The van der Waals surface area contributed by atoms with Gasteiger partial charge < -0.3 is 15.5 Å². The van der Waals surface area contributed by atoms with E-state index in [1.807, 2.05) is 10.9 Å². The number of likely N-dealkylation sites (N-methyl/N-ethyl adjacent to an activating group) is 2. The standard InChI is InChI=1S/C14H27N5/c1-4-6-19-10-12(9-16-19)14(15)13-11-17(2)7-5-8-18(13)3/h9-10,13-14H,4-8,11,15H2,1-3H3. The molecular formula is C14H27N5. The zero-order valence-electron chi connectivity index (χ0n) is 12.4. The maximum atomic E-state index is 6.48. The second kappa shape index (κ2) is 6.50. The summed E-state index contributed by atoms with van der Waals surface area (Å²) in [6.07, 6.45) is 6.35. The lowest BCUT2D eigenvalue weighted by molar-refractivity contribution is 0.196. The summed E-state index contributed by atoms with van der Waals surface area (Å²) < 4.78 is 2.00. The summed E-state index contributed by atoms with van der Waals surface area (Å²) in [4.78, 5) is 4.77. The molecule has 5 heteroatoms. The van der Waals surface area contributed by atoms with Crippen molar-refractivity contribution in [2.24, 2.45) is 5.73 Å². The Morgan fingerprint density at radius 2 is 2.21 bits per heavy atom. The average molecular weight is 265 g/mol. The Balaban J connectivity index is 2.09. The van der Waals surface area contributed by atoms with Gasteiger partial charge >= 0.3 is 0 Å². The molecule has 1 aliphatic rings. The molecule has 2 heterocycles. The fourth-order valence-corrected chi connectivity index (χ4v) is 2.82. The Hall–Kier alpha value is -0.910. The van der Waals surface area contributed by atoms with Crippen molar-refractivity contribution in [2.45, 2.75) is 38.4 Å². The Kier molecular flexibility index (Phi) is 4.96. The molecule has 5 nitrogen and oxygen atoms in total. The first-order valence-electron chi connectivity index (χ1n) is 7.28. The number of hydrogen-bond donors (Lipinski definition) is 1. The quantitative estimate of drug-likeness (QED) is 0.880. The maximum absolute atomic E-state index is 6.48. The van der Waals surface area contributed by atoms with Gasteiger partial charge in [-0.2, -0.15) is 5.10 Å². The van der Waals surface area contributed by atoms with Crippen molar-refractivity contribution in [3.63, 3.8) is 0 Å². The van der Waals surface area contributed by atoms with Gasteiger partial charge in [-0.25, -0.2) is 0 Å². The SMILES string of the molecule is CCCn1cc(C(N)C2CN(C)CCCN2C)cn1. The molecule has 1 aromatic rings. The minimum Gasteiger partial charge on any atom is -0.323 e. The van der Waals surface area contributed by atoms with Gasteiger partial charge in [-0.3, -0.25) is 4.68 Å². The fourth-order valence-electron chi connectivity index (χ4n) is 2.82. The lowest BCUT2D eigenvalue weighted by Crippen LogP contribution is -2.45. The fraction of sp³-hybridized carbons (Fsp3) is 0.786. The summed E-state index contributed by atoms with van der Waals surface area (Å²) >= 11 is 0. The van der Waals surface area contributed by atoms with Crippen LogP contribution in [0.15, 0.2) is 12.4 Å². The average Bonchev–Trinajstić information content (AvgIpc) is 2.77. The molecule has 2 unspecified atom stereocenters. The number of nitrogens with two attached hydrogens (primary N) is 1. The summed E-state index contributed by atoms with van der Waals surface area (Å²) in [5, 5.41) is 4.39. The highest BCUT2D eigenvalue weighted by Crippen LogP contribution is 2.20. The van der Waals surface area contributed by atoms with Crippen LogP contribution in [-0.2, 0) is 6.54 Å². The normalized spacial score (nSPS) is 24.3. The monoisotopic (exact) mass is 265 g/mol. The first kappa shape index (κ1) is 14.5. The van der Waals surface area contributed by atoms with Crippen LogP contribution in [0.3, 0.4) is 0 Å². The Bertz CT molecular complexity index is 389. The molecule has 2 rings (SSSR count). The topological polar surface area (TPSA) is 50.3 Å². The predicted octanol–water partition coefficient (Wildman–Crippen LogP) is 0.929. The van der Waals surface area contributed by atoms with Gasteiger partial charge in [0.1, 0.15) is 0 Å². The molecule has 1 fully saturated rings. The lowest BCUT2D eigenvalue weighted by atomic mass is 10.0. The number of aryl methyl sites for hydroxylation is 1. The van der Waals surface area contributed by atoms with Crippen LogP contribution in [0.2, 0.25) is 0 Å². The molecule has 2 N–H and O–H groups in total. The first-order chi connectivity index (χ1) is 9.11. The molecule has 1 saturated heterocycles. The van der Waals surface area contributed by atoms with E-state index in [1.54, 1.807) is 0 Å². The highest BCUT2D eigenvalue weighted by molar-refractivity contribution is 5.13. The van der Waals surface area contributed by atoms with Crippen molar-refractivity contribution < 1.29 is 0 Å². The first-order valence-corrected chi connectivity index (χ1v) is 7.28. The second-order valence-electron chi connectivity index (χ2n) is 5.73. The number of aromatic nitrogens is 2. The summed E-state index contributed by atoms with van der Waals surface area (Å²) in [6.45, 7) is 6.42. The summed E-state index contributed by atoms with van der Waals surface area (Å²) in [5.41, 5.74) is 7.63. The molecular weight excluding hydrogens is 238 g/mol. The Morgan fingerprint density at radius 3 is 2.95 bits per heavy atom. The molecule has 0 radical (unpaired) electrons. The molecule has 2 atom stereocenters. The van der Waals surface area contributed by atoms with E-state index in [0.29, 0.717) is 6.04 Å². The van der Waals surface area contributed by atoms with Gasteiger partial charge in [0.15, 0.2) is 0 Å². The van der Waals surface area contributed by atoms with Crippen LogP contribution in [0.5, 0.6) is 0 Å². The molecule has 19 heavy (non-hydrogen) atoms. The molecule has 1 aliphatic heterocycles. The minimum absolute atomic E-state index is 0.0381. The maximum Gasteiger partial charge on any atom is 0.0538 e. The van der Waals surface area contributed by atoms with Gasteiger partial charge in [-0.1, -0.05) is 6.92 Å². The van der Waals surface area contributed by atoms with Crippen molar-refractivity contribution in [3.05, 3.63) is 18.0 Å². The zero-order chi connectivity index (χ0) is 13.8. The predicted molar refractivity (Wildman–Crippen MR) is 78.0 cm³/mol. The van der Waals surface area contributed by atoms with Crippen molar-refractivity contribution in [2.75, 3.05) is 33.7 Å². The highest BCUT2D eigenvalue weighted by Gasteiger charge is 2.27. The van der Waals surface area contributed by atoms with E-state index in [0.717, 1.165) is 38.2 Å². The van der Waals surface area contributed by atoms with Crippen LogP contribution < -0.4 is 5.73 Å². The molecule has 0 bridgehead atoms. The van der Waals surface area contributed by atoms with Crippen molar-refractivity contribution >= 4 is 0 Å². The lowest BCUT2D eigenvalue weighted by Gasteiger charge is -2.31. The van der Waals surface area contributed by atoms with Gasteiger partial charge in [0.2, 0.25) is 0 Å². The largest absolute Gasteiger partial charge is 0.323 e. The summed E-state index contributed by atoms with van der Waals surface area (Å²) in [6, 6.07) is 0.405. The molecule has 0 aromatic carbocycles. The summed E-state index contributed by atoms with van der Waals surface area (Å²) in [7, 11) is 4.36. The number of hydrogen-bond acceptors (Lipinski definition) is 4. The molecule has 0 aliphatic carbocycles. The zero-order valence-corrected chi connectivity index (χ0v) is 12.4. The van der Waals surface area contributed by atoms with Gasteiger partial charge in [0, 0.05) is 36.9 Å². The Labute approximate surface area is 116 Å². The molecule has 108 valence electrons. The van der Waals surface area contributed by atoms with E-state index in [-0.39, 0.29) is 6.04 Å². The third-order valence-electron chi connectivity index (χ3n) is 4.02. The van der Waals surface area contributed by atoms with Crippen molar-refractivity contribution in [1.82, 2.24) is 19.6 Å². The third-order valence-corrected chi connectivity index (χ3v) is 4.02. The van der Waals surface area contributed by atoms with E-state index in [9.17, 15) is 0 Å². The smallest absolute Gasteiger partial charge is 0.0538 e. The minimum atomic E-state index is 0.0381. The van der Waals surface area contributed by atoms with Crippen LogP contribution >= 0.6 is 0 Å². The van der Waals surface area contributed by atoms with Gasteiger partial charge in [-0.05, 0) is 40.0 Å². The van der Waals surface area contributed by atoms with Crippen LogP contribution in [0, 0.1) is 0 Å². The molecule has 1 aromatic heterocycles. The van der Waals surface area contributed by atoms with Gasteiger partial charge in [0.25, 0.3) is 0 Å². The van der Waals surface area contributed by atoms with Crippen molar-refractivity contribution in [3.8, 4) is 0 Å². The number of rotatable bonds is 4. The van der Waals surface area contributed by atoms with Gasteiger partial charge in [0.05, 0.1) is 6.20 Å². The van der Waals surface area contributed by atoms with E-state index in [2.05, 4.69) is 42.1 Å². The number of nitrogens with zero attached hydrogens (tertiary/aromatic N) is 4. The molecule has 0 saturated carbocycles.